The monoisotopic (exact) mass is 280 g/mol. The van der Waals surface area contributed by atoms with Gasteiger partial charge in [-0.05, 0) is 30.0 Å². The summed E-state index contributed by atoms with van der Waals surface area (Å²) in [6.07, 6.45) is 2.40. The highest BCUT2D eigenvalue weighted by Crippen LogP contribution is 2.22. The predicted octanol–water partition coefficient (Wildman–Crippen LogP) is 3.68. The van der Waals surface area contributed by atoms with Crippen LogP contribution in [0, 0.1) is 0 Å². The molecule has 3 nitrogen and oxygen atoms in total. The van der Waals surface area contributed by atoms with Gasteiger partial charge in [0.1, 0.15) is 5.15 Å². The standard InChI is InChI=1S/C13H13ClN2OS/c1-2-10(11-6-4-8-18-11)16-13(17)9-5-3-7-15-12(9)14/h3-8,10H,2H2,1H3,(H,16,17). The molecule has 0 aliphatic rings. The highest BCUT2D eigenvalue weighted by molar-refractivity contribution is 7.10. The van der Waals surface area contributed by atoms with E-state index in [1.165, 1.54) is 0 Å². The van der Waals surface area contributed by atoms with Crippen molar-refractivity contribution in [3.05, 3.63) is 51.4 Å². The van der Waals surface area contributed by atoms with Crippen LogP contribution in [0.2, 0.25) is 5.15 Å². The molecule has 0 spiro atoms. The van der Waals surface area contributed by atoms with E-state index < -0.39 is 0 Å². The van der Waals surface area contributed by atoms with Gasteiger partial charge in [-0.15, -0.1) is 11.3 Å². The molecule has 0 bridgehead atoms. The molecule has 0 aliphatic heterocycles. The molecule has 0 radical (unpaired) electrons. The molecule has 0 fully saturated rings. The van der Waals surface area contributed by atoms with Crippen molar-refractivity contribution in [3.8, 4) is 0 Å². The highest BCUT2D eigenvalue weighted by atomic mass is 35.5. The maximum absolute atomic E-state index is 12.1. The van der Waals surface area contributed by atoms with Gasteiger partial charge in [0.15, 0.2) is 0 Å². The average molecular weight is 281 g/mol. The fraction of sp³-hybridized carbons (Fsp3) is 0.231. The van der Waals surface area contributed by atoms with Crippen LogP contribution < -0.4 is 5.32 Å². The molecule has 0 saturated carbocycles. The van der Waals surface area contributed by atoms with Gasteiger partial charge in [-0.3, -0.25) is 4.79 Å². The molecule has 2 aromatic rings. The van der Waals surface area contributed by atoms with Crippen LogP contribution in [0.4, 0.5) is 0 Å². The molecule has 2 rings (SSSR count). The minimum absolute atomic E-state index is 0.0220. The predicted molar refractivity (Wildman–Crippen MR) is 74.1 cm³/mol. The van der Waals surface area contributed by atoms with E-state index in [0.717, 1.165) is 11.3 Å². The van der Waals surface area contributed by atoms with E-state index in [1.54, 1.807) is 29.7 Å². The second kappa shape index (κ2) is 5.98. The minimum atomic E-state index is -0.187. The summed E-state index contributed by atoms with van der Waals surface area (Å²) in [5.41, 5.74) is 0.411. The van der Waals surface area contributed by atoms with Gasteiger partial charge in [-0.1, -0.05) is 24.6 Å². The fourth-order valence-corrected chi connectivity index (χ4v) is 2.72. The summed E-state index contributed by atoms with van der Waals surface area (Å²) in [5, 5.41) is 5.21. The van der Waals surface area contributed by atoms with E-state index in [4.69, 9.17) is 11.6 Å². The van der Waals surface area contributed by atoms with E-state index in [9.17, 15) is 4.79 Å². The Labute approximate surface area is 115 Å². The maximum atomic E-state index is 12.1. The molecule has 5 heteroatoms. The van der Waals surface area contributed by atoms with Crippen molar-refractivity contribution < 1.29 is 4.79 Å². The fourth-order valence-electron chi connectivity index (χ4n) is 1.66. The lowest BCUT2D eigenvalue weighted by atomic mass is 10.1. The van der Waals surface area contributed by atoms with Gasteiger partial charge in [0.2, 0.25) is 0 Å². The maximum Gasteiger partial charge on any atom is 0.254 e. The van der Waals surface area contributed by atoms with Crippen LogP contribution >= 0.6 is 22.9 Å². The third-order valence-electron chi connectivity index (χ3n) is 2.60. The van der Waals surface area contributed by atoms with Crippen LogP contribution in [-0.4, -0.2) is 10.9 Å². The van der Waals surface area contributed by atoms with Gasteiger partial charge in [0.25, 0.3) is 5.91 Å². The lowest BCUT2D eigenvalue weighted by molar-refractivity contribution is 0.0936. The molecule has 0 aliphatic carbocycles. The number of pyridine rings is 1. The zero-order valence-electron chi connectivity index (χ0n) is 9.89. The van der Waals surface area contributed by atoms with Gasteiger partial charge in [-0.2, -0.15) is 0 Å². The first-order valence-electron chi connectivity index (χ1n) is 5.67. The Morgan fingerprint density at radius 3 is 2.94 bits per heavy atom. The molecule has 2 heterocycles. The number of hydrogen-bond donors (Lipinski definition) is 1. The highest BCUT2D eigenvalue weighted by Gasteiger charge is 2.16. The zero-order chi connectivity index (χ0) is 13.0. The minimum Gasteiger partial charge on any atom is -0.344 e. The molecular formula is C13H13ClN2OS. The summed E-state index contributed by atoms with van der Waals surface area (Å²) >= 11 is 7.53. The van der Waals surface area contributed by atoms with Crippen molar-refractivity contribution in [1.82, 2.24) is 10.3 Å². The lowest BCUT2D eigenvalue weighted by Crippen LogP contribution is -2.28. The Bertz CT molecular complexity index is 528. The Morgan fingerprint density at radius 1 is 1.50 bits per heavy atom. The first-order valence-corrected chi connectivity index (χ1v) is 6.93. The van der Waals surface area contributed by atoms with Crippen LogP contribution in [-0.2, 0) is 0 Å². The van der Waals surface area contributed by atoms with Crippen molar-refractivity contribution in [3.63, 3.8) is 0 Å². The first-order chi connectivity index (χ1) is 8.72. The Balaban J connectivity index is 2.14. The molecule has 1 N–H and O–H groups in total. The molecule has 0 aromatic carbocycles. The second-order valence-electron chi connectivity index (χ2n) is 3.79. The summed E-state index contributed by atoms with van der Waals surface area (Å²) in [7, 11) is 0. The molecule has 18 heavy (non-hydrogen) atoms. The van der Waals surface area contributed by atoms with Crippen molar-refractivity contribution in [2.45, 2.75) is 19.4 Å². The van der Waals surface area contributed by atoms with Crippen LogP contribution in [0.15, 0.2) is 35.8 Å². The summed E-state index contributed by atoms with van der Waals surface area (Å²) in [6.45, 7) is 2.04. The number of carbonyl (C=O) groups excluding carboxylic acids is 1. The van der Waals surface area contributed by atoms with Crippen LogP contribution in [0.3, 0.4) is 0 Å². The smallest absolute Gasteiger partial charge is 0.254 e. The quantitative estimate of drug-likeness (QED) is 0.868. The SMILES string of the molecule is CCC(NC(=O)c1cccnc1Cl)c1cccs1. The van der Waals surface area contributed by atoms with Crippen molar-refractivity contribution in [1.29, 1.82) is 0 Å². The van der Waals surface area contributed by atoms with Crippen molar-refractivity contribution in [2.24, 2.45) is 0 Å². The normalized spacial score (nSPS) is 12.1. The Hall–Kier alpha value is -1.39. The summed E-state index contributed by atoms with van der Waals surface area (Å²) in [6, 6.07) is 7.39. The molecule has 1 amide bonds. The molecule has 2 aromatic heterocycles. The number of thiophene rings is 1. The molecule has 1 atom stereocenters. The van der Waals surface area contributed by atoms with Crippen LogP contribution in [0.25, 0.3) is 0 Å². The second-order valence-corrected chi connectivity index (χ2v) is 5.13. The molecule has 94 valence electrons. The van der Waals surface area contributed by atoms with Crippen LogP contribution in [0.5, 0.6) is 0 Å². The van der Waals surface area contributed by atoms with Gasteiger partial charge in [0.05, 0.1) is 11.6 Å². The third-order valence-corrected chi connectivity index (χ3v) is 3.89. The van der Waals surface area contributed by atoms with E-state index in [2.05, 4.69) is 10.3 Å². The zero-order valence-corrected chi connectivity index (χ0v) is 11.5. The number of hydrogen-bond acceptors (Lipinski definition) is 3. The van der Waals surface area contributed by atoms with Gasteiger partial charge >= 0.3 is 0 Å². The summed E-state index contributed by atoms with van der Waals surface area (Å²) in [5.74, 6) is -0.187. The molecule has 0 saturated heterocycles. The number of rotatable bonds is 4. The lowest BCUT2D eigenvalue weighted by Gasteiger charge is -2.15. The van der Waals surface area contributed by atoms with E-state index in [0.29, 0.717) is 5.56 Å². The van der Waals surface area contributed by atoms with E-state index in [1.807, 2.05) is 24.4 Å². The number of aromatic nitrogens is 1. The Kier molecular flexibility index (Phi) is 4.33. The van der Waals surface area contributed by atoms with Gasteiger partial charge in [0, 0.05) is 11.1 Å². The summed E-state index contributed by atoms with van der Waals surface area (Å²) < 4.78 is 0. The number of halogens is 1. The molecule has 1 unspecified atom stereocenters. The van der Waals surface area contributed by atoms with Crippen LogP contribution in [0.1, 0.15) is 34.6 Å². The van der Waals surface area contributed by atoms with Crippen molar-refractivity contribution >= 4 is 28.8 Å². The Morgan fingerprint density at radius 2 is 2.33 bits per heavy atom. The molecular weight excluding hydrogens is 268 g/mol. The largest absolute Gasteiger partial charge is 0.344 e. The number of carbonyl (C=O) groups is 1. The topological polar surface area (TPSA) is 42.0 Å². The van der Waals surface area contributed by atoms with Crippen molar-refractivity contribution in [2.75, 3.05) is 0 Å². The third kappa shape index (κ3) is 2.89. The summed E-state index contributed by atoms with van der Waals surface area (Å²) in [4.78, 5) is 17.1. The van der Waals surface area contributed by atoms with E-state index in [-0.39, 0.29) is 17.1 Å². The number of nitrogens with one attached hydrogen (secondary N) is 1. The average Bonchev–Trinajstić information content (AvgIpc) is 2.90. The number of nitrogens with zero attached hydrogens (tertiary/aromatic N) is 1. The first kappa shape index (κ1) is 13.1. The number of amides is 1. The van der Waals surface area contributed by atoms with Gasteiger partial charge in [-0.25, -0.2) is 4.98 Å². The van der Waals surface area contributed by atoms with E-state index >= 15 is 0 Å². The van der Waals surface area contributed by atoms with Gasteiger partial charge < -0.3 is 5.32 Å².